The number of sulfonamides is 2. The molecule has 10 nitrogen and oxygen atoms in total. The summed E-state index contributed by atoms with van der Waals surface area (Å²) in [4.78, 5) is 24.1. The molecule has 2 aliphatic rings. The van der Waals surface area contributed by atoms with E-state index >= 15 is 0 Å². The van der Waals surface area contributed by atoms with Crippen LogP contribution in [-0.2, 0) is 29.6 Å². The van der Waals surface area contributed by atoms with Crippen molar-refractivity contribution in [2.45, 2.75) is 67.6 Å². The van der Waals surface area contributed by atoms with E-state index in [0.717, 1.165) is 11.1 Å². The fraction of sp³-hybridized carbons (Fsp3) is 0.200. The lowest BCUT2D eigenvalue weighted by Gasteiger charge is -2.40. The zero-order chi connectivity index (χ0) is 42.6. The molecule has 2 N–H and O–H groups in total. The molecule has 0 spiro atoms. The maximum atomic E-state index is 13.9. The second kappa shape index (κ2) is 17.6. The first kappa shape index (κ1) is 42.8. The van der Waals surface area contributed by atoms with Crippen LogP contribution in [0.15, 0.2) is 160 Å². The van der Waals surface area contributed by atoms with Gasteiger partial charge in [-0.2, -0.15) is 8.61 Å². The number of aryl methyl sites for hydroxylation is 2. The molecule has 0 aliphatic carbocycles. The van der Waals surface area contributed by atoms with Gasteiger partial charge in [-0.15, -0.1) is 0 Å². The maximum absolute atomic E-state index is 13.9. The lowest BCUT2D eigenvalue weighted by Crippen LogP contribution is -2.42. The van der Waals surface area contributed by atoms with E-state index in [-0.39, 0.29) is 27.4 Å². The van der Waals surface area contributed by atoms with E-state index in [9.17, 15) is 45.4 Å². The van der Waals surface area contributed by atoms with Crippen LogP contribution in [0.5, 0.6) is 0 Å². The van der Waals surface area contributed by atoms with Crippen molar-refractivity contribution < 1.29 is 45.4 Å². The third-order valence-electron chi connectivity index (χ3n) is 10.3. The fourth-order valence-corrected chi connectivity index (χ4v) is 10.9. The average molecular weight is 841 g/mol. The summed E-state index contributed by atoms with van der Waals surface area (Å²) in [6.45, 7) is 5.51. The van der Waals surface area contributed by atoms with Gasteiger partial charge in [0.25, 0.3) is 0 Å². The van der Waals surface area contributed by atoms with Crippen LogP contribution in [0.3, 0.4) is 0 Å². The molecular formula is C45H42F2N2O8S2. The first-order valence-electron chi connectivity index (χ1n) is 18.7. The van der Waals surface area contributed by atoms with Gasteiger partial charge >= 0.3 is 11.9 Å². The Hall–Kier alpha value is -5.80. The third kappa shape index (κ3) is 8.96. The Labute approximate surface area is 342 Å². The zero-order valence-corrected chi connectivity index (χ0v) is 33.9. The van der Waals surface area contributed by atoms with E-state index in [1.165, 1.54) is 75.4 Å². The number of nitrogens with zero attached hydrogens (tertiary/aromatic N) is 2. The number of rotatable bonds is 10. The van der Waals surface area contributed by atoms with Crippen molar-refractivity contribution in [1.82, 2.24) is 8.61 Å². The van der Waals surface area contributed by atoms with Crippen LogP contribution in [0, 0.1) is 25.5 Å². The van der Waals surface area contributed by atoms with Crippen LogP contribution in [0.25, 0.3) is 0 Å². The Kier molecular flexibility index (Phi) is 12.8. The molecule has 4 atom stereocenters. The summed E-state index contributed by atoms with van der Waals surface area (Å²) >= 11 is 0. The SMILES string of the molecule is CC[C@@H]1C=C(C(=O)O)[C@H](c2ccc(F)cc2)N1S(=O)(=O)c1ccc(C)cc1.Cc1ccc(S(=O)(=O)N2[C@@H](c3ccccc3)C(C(=O)O)=CC[C@H]2c2ccc(F)cc2)cc1. The molecule has 0 saturated carbocycles. The van der Waals surface area contributed by atoms with Crippen molar-refractivity contribution in [3.8, 4) is 0 Å². The largest absolute Gasteiger partial charge is 0.478 e. The van der Waals surface area contributed by atoms with Gasteiger partial charge in [-0.05, 0) is 91.9 Å². The van der Waals surface area contributed by atoms with Crippen molar-refractivity contribution in [3.05, 3.63) is 190 Å². The summed E-state index contributed by atoms with van der Waals surface area (Å²) in [5.74, 6) is -3.28. The number of hydrogen-bond donors (Lipinski definition) is 2. The summed E-state index contributed by atoms with van der Waals surface area (Å²) in [7, 11) is -8.08. The van der Waals surface area contributed by atoms with Gasteiger partial charge in [0.15, 0.2) is 0 Å². The molecular weight excluding hydrogens is 799 g/mol. The summed E-state index contributed by atoms with van der Waals surface area (Å²) < 4.78 is 84.0. The molecule has 7 rings (SSSR count). The van der Waals surface area contributed by atoms with Crippen molar-refractivity contribution in [3.63, 3.8) is 0 Å². The van der Waals surface area contributed by atoms with E-state index < -0.39 is 67.8 Å². The maximum Gasteiger partial charge on any atom is 0.333 e. The number of carbonyl (C=O) groups is 2. The fourth-order valence-electron chi connectivity index (χ4n) is 7.35. The quantitative estimate of drug-likeness (QED) is 0.142. The summed E-state index contributed by atoms with van der Waals surface area (Å²) in [5, 5.41) is 19.6. The molecule has 0 aromatic heterocycles. The van der Waals surface area contributed by atoms with Gasteiger partial charge in [-0.3, -0.25) is 0 Å². The van der Waals surface area contributed by atoms with Gasteiger partial charge in [-0.1, -0.05) is 109 Å². The molecule has 59 heavy (non-hydrogen) atoms. The number of aliphatic carboxylic acids is 2. The van der Waals surface area contributed by atoms with Crippen molar-refractivity contribution in [2.75, 3.05) is 0 Å². The van der Waals surface area contributed by atoms with Gasteiger partial charge in [-0.25, -0.2) is 35.2 Å². The number of carboxylic acid groups (broad SMARTS) is 2. The highest BCUT2D eigenvalue weighted by Crippen LogP contribution is 2.46. The lowest BCUT2D eigenvalue weighted by molar-refractivity contribution is -0.134. The molecule has 2 aliphatic heterocycles. The molecule has 0 amide bonds. The predicted octanol–water partition coefficient (Wildman–Crippen LogP) is 8.69. The second-order valence-corrected chi connectivity index (χ2v) is 17.9. The lowest BCUT2D eigenvalue weighted by atomic mass is 9.89. The van der Waals surface area contributed by atoms with E-state index in [4.69, 9.17) is 0 Å². The third-order valence-corrected chi connectivity index (χ3v) is 14.1. The minimum absolute atomic E-state index is 0.00903. The average Bonchev–Trinajstić information content (AvgIpc) is 3.63. The number of halogens is 2. The monoisotopic (exact) mass is 840 g/mol. The molecule has 5 aromatic rings. The van der Waals surface area contributed by atoms with Crippen LogP contribution in [0.1, 0.15) is 65.7 Å². The minimum Gasteiger partial charge on any atom is -0.478 e. The normalized spacial score (nSPS) is 19.9. The highest BCUT2D eigenvalue weighted by atomic mass is 32.2. The van der Waals surface area contributed by atoms with Gasteiger partial charge in [0.05, 0.1) is 39.1 Å². The Balaban J connectivity index is 0.000000201. The molecule has 0 bridgehead atoms. The Morgan fingerprint density at radius 2 is 1.02 bits per heavy atom. The van der Waals surface area contributed by atoms with Gasteiger partial charge in [0, 0.05) is 6.04 Å². The molecule has 0 unspecified atom stereocenters. The summed E-state index contributed by atoms with van der Waals surface area (Å²) in [6.07, 6.45) is 3.61. The smallest absolute Gasteiger partial charge is 0.333 e. The topological polar surface area (TPSA) is 149 Å². The van der Waals surface area contributed by atoms with Gasteiger partial charge in [0.1, 0.15) is 11.6 Å². The standard InChI is InChI=1S/C25H22FNO4S.C20H20FNO4S/c1-17-7-13-21(14-8-17)32(30,31)27-23(18-9-11-20(26)12-10-18)16-15-22(25(28)29)24(27)19-5-3-2-4-6-19;1-3-16-12-18(20(23)24)19(14-6-8-15(21)9-7-14)22(16)27(25,26)17-10-4-13(2)5-11-17/h2-15,23-24H,16H2,1H3,(H,28,29);4-12,16,19H,3H2,1-2H3,(H,23,24)/t23-,24-;16-,19+/m01/s1. The predicted molar refractivity (Wildman–Crippen MR) is 218 cm³/mol. The molecule has 0 radical (unpaired) electrons. The molecule has 2 heterocycles. The molecule has 5 aromatic carbocycles. The van der Waals surface area contributed by atoms with Gasteiger partial charge < -0.3 is 10.2 Å². The van der Waals surface area contributed by atoms with E-state index in [0.29, 0.717) is 23.1 Å². The van der Waals surface area contributed by atoms with Crippen molar-refractivity contribution in [2.24, 2.45) is 0 Å². The van der Waals surface area contributed by atoms with E-state index in [2.05, 4.69) is 0 Å². The van der Waals surface area contributed by atoms with Crippen LogP contribution in [0.4, 0.5) is 8.78 Å². The first-order valence-corrected chi connectivity index (χ1v) is 21.6. The van der Waals surface area contributed by atoms with Crippen LogP contribution in [0.2, 0.25) is 0 Å². The molecule has 0 fully saturated rings. The van der Waals surface area contributed by atoms with E-state index in [1.807, 2.05) is 13.8 Å². The van der Waals surface area contributed by atoms with Crippen LogP contribution in [-0.4, -0.2) is 53.6 Å². The minimum atomic E-state index is -4.11. The van der Waals surface area contributed by atoms with Crippen LogP contribution >= 0.6 is 0 Å². The first-order chi connectivity index (χ1) is 28.0. The van der Waals surface area contributed by atoms with Crippen molar-refractivity contribution in [1.29, 1.82) is 0 Å². The molecule has 0 saturated heterocycles. The summed E-state index contributed by atoms with van der Waals surface area (Å²) in [6, 6.07) is 29.1. The number of hydrogen-bond acceptors (Lipinski definition) is 6. The number of benzene rings is 5. The highest BCUT2D eigenvalue weighted by molar-refractivity contribution is 7.89. The van der Waals surface area contributed by atoms with Gasteiger partial charge in [0.2, 0.25) is 20.0 Å². The Morgan fingerprint density at radius 3 is 1.47 bits per heavy atom. The second-order valence-electron chi connectivity index (χ2n) is 14.2. The van der Waals surface area contributed by atoms with E-state index in [1.54, 1.807) is 79.7 Å². The highest BCUT2D eigenvalue weighted by Gasteiger charge is 2.46. The summed E-state index contributed by atoms with van der Waals surface area (Å²) in [5.41, 5.74) is 3.34. The number of carboxylic acids is 2. The van der Waals surface area contributed by atoms with Crippen molar-refractivity contribution >= 4 is 32.0 Å². The zero-order valence-electron chi connectivity index (χ0n) is 32.3. The Morgan fingerprint density at radius 1 is 0.593 bits per heavy atom. The molecule has 14 heteroatoms. The Bertz CT molecular complexity index is 2600. The molecule has 306 valence electrons. The van der Waals surface area contributed by atoms with Crippen LogP contribution < -0.4 is 0 Å².